The third-order valence-corrected chi connectivity index (χ3v) is 16.9. The van der Waals surface area contributed by atoms with Gasteiger partial charge in [-0.15, -0.1) is 0 Å². The van der Waals surface area contributed by atoms with Crippen molar-refractivity contribution in [2.45, 2.75) is 41.9 Å². The number of para-hydroxylation sites is 3. The highest BCUT2D eigenvalue weighted by Gasteiger charge is 2.57. The summed E-state index contributed by atoms with van der Waals surface area (Å²) in [7, 11) is 0. The van der Waals surface area contributed by atoms with Crippen molar-refractivity contribution >= 4 is 88.1 Å². The van der Waals surface area contributed by atoms with Gasteiger partial charge in [0, 0.05) is 52.9 Å². The van der Waals surface area contributed by atoms with Crippen molar-refractivity contribution < 1.29 is 4.42 Å². The first kappa shape index (κ1) is 35.5. The van der Waals surface area contributed by atoms with Crippen molar-refractivity contribution in [2.75, 3.05) is 0 Å². The molecule has 3 aromatic heterocycles. The maximum atomic E-state index is 6.21. The molecule has 1 spiro atoms. The summed E-state index contributed by atoms with van der Waals surface area (Å²) < 4.78 is 11.8. The molecular weight excluding hydrogens is 868 g/mol. The fourth-order valence-corrected chi connectivity index (χ4v) is 15.0. The molecule has 3 aliphatic rings. The third-order valence-electron chi connectivity index (χ3n) is 15.4. The van der Waals surface area contributed by atoms with Crippen LogP contribution in [0.4, 0.5) is 0 Å². The van der Waals surface area contributed by atoms with Crippen LogP contribution in [0.15, 0.2) is 174 Å². The van der Waals surface area contributed by atoms with Gasteiger partial charge in [0.05, 0.1) is 27.8 Å². The molecular formula is C58H43IN2O. The summed E-state index contributed by atoms with van der Waals surface area (Å²) in [4.78, 5) is 0. The van der Waals surface area contributed by atoms with Gasteiger partial charge in [-0.2, -0.15) is 0 Å². The number of rotatable bonds is 3. The number of halogens is 1. The van der Waals surface area contributed by atoms with Crippen LogP contribution in [0.2, 0.25) is 0 Å². The van der Waals surface area contributed by atoms with Gasteiger partial charge >= 0.3 is 0 Å². The van der Waals surface area contributed by atoms with Gasteiger partial charge in [0.1, 0.15) is 11.2 Å². The summed E-state index contributed by atoms with van der Waals surface area (Å²) in [6.45, 7) is 2.51. The van der Waals surface area contributed by atoms with E-state index in [2.05, 4.69) is 202 Å². The highest BCUT2D eigenvalue weighted by atomic mass is 127. The summed E-state index contributed by atoms with van der Waals surface area (Å²) in [5, 5.41) is 7.35. The zero-order valence-corrected chi connectivity index (χ0v) is 36.6. The zero-order valence-electron chi connectivity index (χ0n) is 34.5. The Morgan fingerprint density at radius 2 is 1.13 bits per heavy atom. The molecule has 298 valence electrons. The molecule has 2 bridgehead atoms. The van der Waals surface area contributed by atoms with E-state index < -0.39 is 0 Å². The summed E-state index contributed by atoms with van der Waals surface area (Å²) >= 11 is 2.87. The fraction of sp³-hybridized carbons (Fsp3) is 0.172. The monoisotopic (exact) mass is 910 g/mol. The normalized spacial score (nSPS) is 21.8. The van der Waals surface area contributed by atoms with Gasteiger partial charge in [-0.3, -0.25) is 0 Å². The summed E-state index contributed by atoms with van der Waals surface area (Å²) in [5.74, 6) is 2.29. The maximum absolute atomic E-state index is 6.21. The van der Waals surface area contributed by atoms with Gasteiger partial charge in [0.15, 0.2) is 0 Å². The predicted molar refractivity (Wildman–Crippen MR) is 266 cm³/mol. The second-order valence-corrected chi connectivity index (χ2v) is 20.1. The van der Waals surface area contributed by atoms with Crippen LogP contribution in [0.1, 0.15) is 43.7 Å². The first-order valence-electron chi connectivity index (χ1n) is 22.4. The average molecular weight is 911 g/mol. The highest BCUT2D eigenvalue weighted by Crippen LogP contribution is 2.65. The van der Waals surface area contributed by atoms with Crippen molar-refractivity contribution in [2.24, 2.45) is 17.8 Å². The zero-order chi connectivity index (χ0) is 40.8. The van der Waals surface area contributed by atoms with E-state index in [9.17, 15) is 0 Å². The van der Waals surface area contributed by atoms with Crippen LogP contribution in [0, 0.1) is 17.8 Å². The number of nitrogens with zero attached hydrogens (tertiary/aromatic N) is 2. The Labute approximate surface area is 373 Å². The fourth-order valence-electron chi connectivity index (χ4n) is 13.1. The molecule has 4 heteroatoms. The van der Waals surface area contributed by atoms with E-state index >= 15 is 0 Å². The predicted octanol–water partition coefficient (Wildman–Crippen LogP) is 16.0. The van der Waals surface area contributed by atoms with E-state index in [0.29, 0.717) is 9.84 Å². The number of benzene rings is 8. The van der Waals surface area contributed by atoms with E-state index in [1.807, 2.05) is 6.07 Å². The van der Waals surface area contributed by atoms with E-state index in [1.165, 1.54) is 97.2 Å². The number of fused-ring (bicyclic) bond motifs is 17. The molecule has 5 atom stereocenters. The summed E-state index contributed by atoms with van der Waals surface area (Å²) in [6.07, 6.45) is 5.37. The van der Waals surface area contributed by atoms with E-state index in [-0.39, 0.29) is 5.41 Å². The summed E-state index contributed by atoms with van der Waals surface area (Å²) in [5.41, 5.74) is 17.7. The topological polar surface area (TPSA) is 23.0 Å². The van der Waals surface area contributed by atoms with E-state index in [4.69, 9.17) is 4.42 Å². The molecule has 0 saturated heterocycles. The highest BCUT2D eigenvalue weighted by molar-refractivity contribution is 14.1. The second kappa shape index (κ2) is 13.0. The van der Waals surface area contributed by atoms with Crippen molar-refractivity contribution in [3.8, 4) is 33.6 Å². The molecule has 14 rings (SSSR count). The van der Waals surface area contributed by atoms with Gasteiger partial charge in [-0.1, -0.05) is 133 Å². The van der Waals surface area contributed by atoms with Crippen LogP contribution >= 0.6 is 22.6 Å². The number of hydrogen-bond donors (Lipinski definition) is 0. The van der Waals surface area contributed by atoms with Gasteiger partial charge < -0.3 is 13.6 Å². The van der Waals surface area contributed by atoms with E-state index in [0.717, 1.165) is 39.5 Å². The Kier molecular flexibility index (Phi) is 7.42. The Balaban J connectivity index is 0.940. The van der Waals surface area contributed by atoms with Crippen LogP contribution < -0.4 is 0 Å². The molecule has 0 N–H and O–H groups in total. The Hall–Kier alpha value is -6.11. The third kappa shape index (κ3) is 4.71. The van der Waals surface area contributed by atoms with Crippen LogP contribution in [0.5, 0.6) is 0 Å². The van der Waals surface area contributed by atoms with Gasteiger partial charge in [-0.05, 0) is 138 Å². The second-order valence-electron chi connectivity index (χ2n) is 18.6. The molecule has 3 heterocycles. The van der Waals surface area contributed by atoms with Gasteiger partial charge in [-0.25, -0.2) is 0 Å². The first-order valence-corrected chi connectivity index (χ1v) is 23.7. The molecule has 2 saturated carbocycles. The lowest BCUT2D eigenvalue weighted by Gasteiger charge is -2.53. The van der Waals surface area contributed by atoms with Crippen LogP contribution in [-0.2, 0) is 5.41 Å². The number of alkyl halides is 1. The quantitative estimate of drug-likeness (QED) is 0.128. The van der Waals surface area contributed by atoms with Crippen LogP contribution in [-0.4, -0.2) is 13.1 Å². The first-order chi connectivity index (χ1) is 30.5. The Bertz CT molecular complexity index is 3670. The standard InChI is InChI=1S/C58H43IN2O/c1-34-27-35-29-38(28-34)58(56(59)30-35)47-15-6-2-14-43(47)57-48(58)16-10-19-53(57)61-50-18-8-4-12-41(50)45-32-37(22-25-52(45)61)36-21-24-51-44(31-36)40-11-3-7-17-49(40)60(51)39-23-26-55-46(33-39)42-13-5-9-20-54(42)62-55/h2-26,31-35,38,56H,27-30H2,1H3. The van der Waals surface area contributed by atoms with Gasteiger partial charge in [0.2, 0.25) is 0 Å². The van der Waals surface area contributed by atoms with Crippen molar-refractivity contribution in [1.29, 1.82) is 0 Å². The number of furan rings is 1. The molecule has 2 fully saturated rings. The van der Waals surface area contributed by atoms with Crippen LogP contribution in [0.25, 0.3) is 99.2 Å². The molecule has 5 unspecified atom stereocenters. The lowest BCUT2D eigenvalue weighted by Crippen LogP contribution is -2.50. The minimum Gasteiger partial charge on any atom is -0.456 e. The lowest BCUT2D eigenvalue weighted by molar-refractivity contribution is 0.0955. The summed E-state index contributed by atoms with van der Waals surface area (Å²) in [6, 6.07) is 63.7. The molecule has 0 amide bonds. The average Bonchev–Trinajstić information content (AvgIpc) is 4.03. The molecule has 0 radical (unpaired) electrons. The molecule has 8 aromatic carbocycles. The molecule has 0 aliphatic heterocycles. The number of hydrogen-bond acceptors (Lipinski definition) is 1. The molecule has 11 aromatic rings. The van der Waals surface area contributed by atoms with Gasteiger partial charge in [0.25, 0.3) is 0 Å². The van der Waals surface area contributed by atoms with Crippen molar-refractivity contribution in [3.63, 3.8) is 0 Å². The largest absolute Gasteiger partial charge is 0.456 e. The van der Waals surface area contributed by atoms with Crippen LogP contribution in [0.3, 0.4) is 0 Å². The van der Waals surface area contributed by atoms with Crippen molar-refractivity contribution in [3.05, 3.63) is 181 Å². The Morgan fingerprint density at radius 1 is 0.500 bits per heavy atom. The molecule has 3 aliphatic carbocycles. The smallest absolute Gasteiger partial charge is 0.135 e. The molecule has 3 nitrogen and oxygen atoms in total. The van der Waals surface area contributed by atoms with Crippen molar-refractivity contribution in [1.82, 2.24) is 9.13 Å². The molecule has 62 heavy (non-hydrogen) atoms. The minimum atomic E-state index is 0.0434. The SMILES string of the molecule is CC1CC2CC(I)C3(c4ccccc4-c4c(-n5c6ccccc6c6cc(-c7ccc8c(c7)c7ccccc7n8-c7ccc8oc9ccccc9c8c7)ccc65)cccc43)C(C1)C2. The number of aromatic nitrogens is 2. The lowest BCUT2D eigenvalue weighted by atomic mass is 9.53. The van der Waals surface area contributed by atoms with E-state index in [1.54, 1.807) is 11.1 Å². The maximum Gasteiger partial charge on any atom is 0.135 e. The Morgan fingerprint density at radius 3 is 1.92 bits per heavy atom. The minimum absolute atomic E-state index is 0.0434.